The minimum absolute atomic E-state index is 0.00679. The van der Waals surface area contributed by atoms with Crippen molar-refractivity contribution in [3.63, 3.8) is 0 Å². The summed E-state index contributed by atoms with van der Waals surface area (Å²) in [5.41, 5.74) is 4.91. The summed E-state index contributed by atoms with van der Waals surface area (Å²) in [6.45, 7) is 7.69. The second kappa shape index (κ2) is 11.2. The third kappa shape index (κ3) is 5.97. The molecule has 4 aromatic rings. The molecule has 0 radical (unpaired) electrons. The summed E-state index contributed by atoms with van der Waals surface area (Å²) < 4.78 is 34.7. The van der Waals surface area contributed by atoms with Crippen LogP contribution in [0.4, 0.5) is 14.5 Å². The van der Waals surface area contributed by atoms with Crippen molar-refractivity contribution in [2.24, 2.45) is 0 Å². The summed E-state index contributed by atoms with van der Waals surface area (Å²) in [4.78, 5) is 25.8. The second-order valence-corrected chi connectivity index (χ2v) is 8.64. The highest BCUT2D eigenvalue weighted by atomic mass is 19.1. The highest BCUT2D eigenvalue weighted by molar-refractivity contribution is 6.04. The predicted molar refractivity (Wildman–Crippen MR) is 140 cm³/mol. The van der Waals surface area contributed by atoms with Crippen molar-refractivity contribution in [1.82, 2.24) is 15.0 Å². The van der Waals surface area contributed by atoms with E-state index in [0.717, 1.165) is 16.8 Å². The Morgan fingerprint density at radius 3 is 2.51 bits per heavy atom. The number of aromatic nitrogens is 3. The average Bonchev–Trinajstić information content (AvgIpc) is 2.89. The van der Waals surface area contributed by atoms with Crippen molar-refractivity contribution in [2.45, 2.75) is 40.3 Å². The van der Waals surface area contributed by atoms with Crippen molar-refractivity contribution < 1.29 is 18.3 Å². The molecule has 0 aliphatic heterocycles. The Balaban J connectivity index is 1.73. The number of ether oxygens (including phenoxy) is 1. The number of rotatable bonds is 8. The normalized spacial score (nSPS) is 11.7. The van der Waals surface area contributed by atoms with Crippen molar-refractivity contribution >= 4 is 11.6 Å². The molecule has 1 aromatic carbocycles. The molecule has 3 aromatic heterocycles. The van der Waals surface area contributed by atoms with Crippen LogP contribution in [0.2, 0.25) is 0 Å². The lowest BCUT2D eigenvalue weighted by molar-refractivity contribution is 0.102. The molecule has 1 unspecified atom stereocenters. The number of benzene rings is 1. The van der Waals surface area contributed by atoms with E-state index in [1.54, 1.807) is 32.2 Å². The van der Waals surface area contributed by atoms with Crippen LogP contribution in [-0.4, -0.2) is 27.5 Å². The molecule has 1 N–H and O–H groups in total. The van der Waals surface area contributed by atoms with Gasteiger partial charge in [-0.3, -0.25) is 14.8 Å². The van der Waals surface area contributed by atoms with Gasteiger partial charge in [0.2, 0.25) is 5.88 Å². The van der Waals surface area contributed by atoms with Crippen LogP contribution >= 0.6 is 0 Å². The van der Waals surface area contributed by atoms with Gasteiger partial charge in [-0.15, -0.1) is 0 Å². The molecule has 0 saturated carbocycles. The van der Waals surface area contributed by atoms with Crippen molar-refractivity contribution in [1.29, 1.82) is 0 Å². The Bertz CT molecular complexity index is 1440. The van der Waals surface area contributed by atoms with Gasteiger partial charge in [0.15, 0.2) is 0 Å². The van der Waals surface area contributed by atoms with Crippen molar-refractivity contribution in [3.8, 4) is 28.3 Å². The largest absolute Gasteiger partial charge is 0.478 e. The minimum Gasteiger partial charge on any atom is -0.478 e. The maximum Gasteiger partial charge on any atom is 0.255 e. The van der Waals surface area contributed by atoms with Crippen LogP contribution in [0.1, 0.15) is 53.7 Å². The van der Waals surface area contributed by atoms with E-state index in [-0.39, 0.29) is 23.4 Å². The molecule has 0 fully saturated rings. The summed E-state index contributed by atoms with van der Waals surface area (Å²) in [6, 6.07) is 13.3. The number of nitrogens with one attached hydrogen (secondary N) is 1. The van der Waals surface area contributed by atoms with Gasteiger partial charge in [0, 0.05) is 35.3 Å². The van der Waals surface area contributed by atoms with E-state index in [1.165, 1.54) is 24.4 Å². The summed E-state index contributed by atoms with van der Waals surface area (Å²) in [6.07, 6.45) is 2.05. The number of aryl methyl sites for hydroxylation is 2. The number of pyridine rings is 3. The number of carbonyl (C=O) groups is 1. The third-order valence-electron chi connectivity index (χ3n) is 5.88. The Labute approximate surface area is 214 Å². The zero-order chi connectivity index (χ0) is 26.5. The van der Waals surface area contributed by atoms with E-state index < -0.39 is 17.9 Å². The maximum absolute atomic E-state index is 14.9. The molecule has 4 rings (SSSR count). The number of amides is 1. The minimum atomic E-state index is -1.28. The average molecular weight is 503 g/mol. The molecular formula is C29H28F2N4O2. The van der Waals surface area contributed by atoms with E-state index >= 15 is 0 Å². The zero-order valence-corrected chi connectivity index (χ0v) is 21.2. The summed E-state index contributed by atoms with van der Waals surface area (Å²) in [7, 11) is 0. The topological polar surface area (TPSA) is 77.0 Å². The Morgan fingerprint density at radius 1 is 1.00 bits per heavy atom. The quantitative estimate of drug-likeness (QED) is 0.280. The van der Waals surface area contributed by atoms with Gasteiger partial charge in [0.1, 0.15) is 12.0 Å². The van der Waals surface area contributed by atoms with Crippen molar-refractivity contribution in [2.75, 3.05) is 11.9 Å². The molecule has 190 valence electrons. The molecule has 37 heavy (non-hydrogen) atoms. The van der Waals surface area contributed by atoms with Crippen LogP contribution in [0, 0.1) is 19.7 Å². The molecule has 0 spiro atoms. The lowest BCUT2D eigenvalue weighted by atomic mass is 9.98. The number of carbonyl (C=O) groups excluding carboxylic acids is 1. The van der Waals surface area contributed by atoms with Crippen LogP contribution in [0.25, 0.3) is 22.4 Å². The zero-order valence-electron chi connectivity index (χ0n) is 21.2. The fraction of sp³-hybridized carbons (Fsp3) is 0.241. The number of anilines is 1. The predicted octanol–water partition coefficient (Wildman–Crippen LogP) is 7.03. The smallest absolute Gasteiger partial charge is 0.255 e. The van der Waals surface area contributed by atoms with E-state index in [9.17, 15) is 13.6 Å². The third-order valence-corrected chi connectivity index (χ3v) is 5.88. The first-order chi connectivity index (χ1) is 17.8. The Kier molecular flexibility index (Phi) is 7.86. The number of hydrogen-bond donors (Lipinski definition) is 1. The van der Waals surface area contributed by atoms with E-state index in [0.29, 0.717) is 29.3 Å². The van der Waals surface area contributed by atoms with Gasteiger partial charge in [0.25, 0.3) is 5.91 Å². The highest BCUT2D eigenvalue weighted by Crippen LogP contribution is 2.34. The first kappa shape index (κ1) is 25.9. The summed E-state index contributed by atoms with van der Waals surface area (Å²) >= 11 is 0. The lowest BCUT2D eigenvalue weighted by Crippen LogP contribution is -2.14. The maximum atomic E-state index is 14.9. The first-order valence-electron chi connectivity index (χ1n) is 12.1. The van der Waals surface area contributed by atoms with Crippen LogP contribution < -0.4 is 10.1 Å². The van der Waals surface area contributed by atoms with Gasteiger partial charge in [-0.1, -0.05) is 6.92 Å². The van der Waals surface area contributed by atoms with Gasteiger partial charge < -0.3 is 10.1 Å². The van der Waals surface area contributed by atoms with Crippen LogP contribution in [0.5, 0.6) is 5.88 Å². The van der Waals surface area contributed by atoms with Gasteiger partial charge in [0.05, 0.1) is 23.7 Å². The molecule has 1 amide bonds. The standard InChI is InChI=1S/C29H28F2N4O2/c1-5-23(30)26-13-20(8-10-33-26)29(36)35-27-16-22(17(3)11-24(27)31)21-14-25(34-28(15-21)37-6-2)19-7-9-32-18(4)12-19/h7-16,23H,5-6H2,1-4H3,(H,35,36). The Hall–Kier alpha value is -4.20. The molecule has 6 nitrogen and oxygen atoms in total. The molecule has 0 aliphatic carbocycles. The second-order valence-electron chi connectivity index (χ2n) is 8.64. The number of nitrogens with zero attached hydrogens (tertiary/aromatic N) is 3. The van der Waals surface area contributed by atoms with Gasteiger partial charge in [-0.05, 0) is 86.3 Å². The number of hydrogen-bond acceptors (Lipinski definition) is 5. The molecule has 8 heteroatoms. The highest BCUT2D eigenvalue weighted by Gasteiger charge is 2.17. The van der Waals surface area contributed by atoms with E-state index in [2.05, 4.69) is 20.3 Å². The molecule has 0 bridgehead atoms. The fourth-order valence-corrected chi connectivity index (χ4v) is 3.98. The van der Waals surface area contributed by atoms with Gasteiger partial charge in [-0.25, -0.2) is 13.8 Å². The van der Waals surface area contributed by atoms with E-state index in [4.69, 9.17) is 4.74 Å². The van der Waals surface area contributed by atoms with Gasteiger partial charge >= 0.3 is 0 Å². The van der Waals surface area contributed by atoms with Crippen LogP contribution in [-0.2, 0) is 0 Å². The molecular weight excluding hydrogens is 474 g/mol. The number of alkyl halides is 1. The summed E-state index contributed by atoms with van der Waals surface area (Å²) in [5.74, 6) is -0.706. The van der Waals surface area contributed by atoms with Crippen LogP contribution in [0.3, 0.4) is 0 Å². The Morgan fingerprint density at radius 2 is 1.78 bits per heavy atom. The first-order valence-corrected chi connectivity index (χ1v) is 12.1. The van der Waals surface area contributed by atoms with Crippen LogP contribution in [0.15, 0.2) is 60.9 Å². The van der Waals surface area contributed by atoms with Crippen molar-refractivity contribution in [3.05, 3.63) is 89.3 Å². The molecule has 1 atom stereocenters. The molecule has 0 aliphatic rings. The van der Waals surface area contributed by atoms with E-state index in [1.807, 2.05) is 32.0 Å². The summed E-state index contributed by atoms with van der Waals surface area (Å²) in [5, 5.41) is 2.62. The molecule has 0 saturated heterocycles. The lowest BCUT2D eigenvalue weighted by Gasteiger charge is -2.15. The molecule has 3 heterocycles. The van der Waals surface area contributed by atoms with Gasteiger partial charge in [-0.2, -0.15) is 0 Å². The SMILES string of the molecule is CCOc1cc(-c2cc(NC(=O)c3ccnc(C(F)CC)c3)c(F)cc2C)cc(-c2ccnc(C)c2)n1. The monoisotopic (exact) mass is 502 g/mol. The number of halogens is 2. The fourth-order valence-electron chi connectivity index (χ4n) is 3.98.